The van der Waals surface area contributed by atoms with E-state index < -0.39 is 41.7 Å². The van der Waals surface area contributed by atoms with Crippen molar-refractivity contribution in [2.75, 3.05) is 31.1 Å². The first kappa shape index (κ1) is 32.4. The molecule has 1 spiro atoms. The molecule has 0 radical (unpaired) electrons. The lowest BCUT2D eigenvalue weighted by molar-refractivity contribution is -0.159. The van der Waals surface area contributed by atoms with Gasteiger partial charge in [-0.15, -0.1) is 13.2 Å². The van der Waals surface area contributed by atoms with Crippen molar-refractivity contribution in [3.63, 3.8) is 0 Å². The van der Waals surface area contributed by atoms with Gasteiger partial charge < -0.3 is 29.7 Å². The van der Waals surface area contributed by atoms with Crippen molar-refractivity contribution in [2.45, 2.75) is 83.1 Å². The number of likely N-dealkylation sites (tertiary alicyclic amines) is 1. The molecule has 6 atom stereocenters. The third-order valence-corrected chi connectivity index (χ3v) is 8.83. The molecule has 10 heteroatoms. The zero-order valence-electron chi connectivity index (χ0n) is 25.5. The van der Waals surface area contributed by atoms with E-state index in [2.05, 4.69) is 18.5 Å². The van der Waals surface area contributed by atoms with Crippen LogP contribution in [0.1, 0.15) is 56.6 Å². The van der Waals surface area contributed by atoms with Crippen LogP contribution in [0.15, 0.2) is 43.5 Å². The molecule has 3 amide bonds. The Bertz CT molecular complexity index is 1250. The maximum Gasteiger partial charge on any atom is 0.312 e. The van der Waals surface area contributed by atoms with E-state index in [9.17, 15) is 24.3 Å². The summed E-state index contributed by atoms with van der Waals surface area (Å²) >= 11 is 0. The first-order chi connectivity index (χ1) is 20.6. The maximum atomic E-state index is 14.6. The van der Waals surface area contributed by atoms with E-state index in [-0.39, 0.29) is 44.0 Å². The first-order valence-electron chi connectivity index (χ1n) is 15.3. The Hall–Kier alpha value is -3.50. The number of fused-ring (bicyclic) bond motifs is 1. The highest BCUT2D eigenvalue weighted by molar-refractivity contribution is 6.05. The number of anilines is 1. The smallest absolute Gasteiger partial charge is 0.312 e. The number of unbranched alkanes of at least 4 members (excludes halogenated alkanes) is 1. The third kappa shape index (κ3) is 6.40. The second kappa shape index (κ2) is 13.9. The quantitative estimate of drug-likeness (QED) is 0.181. The number of amides is 3. The van der Waals surface area contributed by atoms with Gasteiger partial charge in [-0.05, 0) is 70.1 Å². The van der Waals surface area contributed by atoms with Crippen LogP contribution in [0.2, 0.25) is 0 Å². The van der Waals surface area contributed by atoms with Crippen molar-refractivity contribution < 1.29 is 33.8 Å². The van der Waals surface area contributed by atoms with E-state index in [0.717, 1.165) is 16.8 Å². The van der Waals surface area contributed by atoms with Gasteiger partial charge in [0.05, 0.1) is 24.5 Å². The number of esters is 1. The Kier molecular flexibility index (Phi) is 10.4. The number of nitrogens with one attached hydrogen (secondary N) is 1. The number of hydrogen-bond donors (Lipinski definition) is 2. The summed E-state index contributed by atoms with van der Waals surface area (Å²) in [6.07, 6.45) is 4.98. The molecule has 2 N–H and O–H groups in total. The highest BCUT2D eigenvalue weighted by Gasteiger charge is 2.75. The zero-order chi connectivity index (χ0) is 31.3. The van der Waals surface area contributed by atoms with Crippen LogP contribution in [-0.4, -0.2) is 83.8 Å². The average molecular weight is 596 g/mol. The van der Waals surface area contributed by atoms with Crippen molar-refractivity contribution in [1.29, 1.82) is 0 Å². The summed E-state index contributed by atoms with van der Waals surface area (Å²) in [7, 11) is 0. The first-order valence-corrected chi connectivity index (χ1v) is 15.3. The summed E-state index contributed by atoms with van der Waals surface area (Å²) in [6.45, 7) is 13.7. The van der Waals surface area contributed by atoms with Crippen molar-refractivity contribution in [3.8, 4) is 0 Å². The molecule has 0 aromatic heterocycles. The molecule has 3 heterocycles. The van der Waals surface area contributed by atoms with Gasteiger partial charge in [0.25, 0.3) is 5.91 Å². The molecule has 4 rings (SSSR count). The summed E-state index contributed by atoms with van der Waals surface area (Å²) in [5.74, 6) is -3.02. The fraction of sp³-hybridized carbons (Fsp3) is 0.576. The summed E-state index contributed by atoms with van der Waals surface area (Å²) in [6, 6.07) is 4.95. The number of rotatable bonds is 15. The molecule has 3 aliphatic rings. The Morgan fingerprint density at radius 1 is 1.26 bits per heavy atom. The van der Waals surface area contributed by atoms with Crippen LogP contribution in [0.4, 0.5) is 5.69 Å². The SMILES string of the molecule is C=CCCC(=O)NC[C@H](C)OC(=O)[C@@H]1[C@@H]2CC[C@]3(O2)[C@H](C(=O)N(CC=C)c2cc(C)ccc2C)N(CCCCO)C(=O)[C@@H]13. The summed E-state index contributed by atoms with van der Waals surface area (Å²) in [4.78, 5) is 57.6. The van der Waals surface area contributed by atoms with Crippen molar-refractivity contribution in [3.05, 3.63) is 54.6 Å². The van der Waals surface area contributed by atoms with Crippen molar-refractivity contribution in [2.24, 2.45) is 11.8 Å². The summed E-state index contributed by atoms with van der Waals surface area (Å²) < 4.78 is 12.3. The Balaban J connectivity index is 1.62. The van der Waals surface area contributed by atoms with Crippen LogP contribution in [0.25, 0.3) is 0 Å². The van der Waals surface area contributed by atoms with Crippen molar-refractivity contribution in [1.82, 2.24) is 10.2 Å². The van der Waals surface area contributed by atoms with E-state index in [4.69, 9.17) is 9.47 Å². The lowest BCUT2D eigenvalue weighted by Gasteiger charge is -2.37. The number of hydrogen-bond acceptors (Lipinski definition) is 7. The standard InChI is InChI=1S/C33H45N3O7/c1-6-8-11-26(38)34-20-23(5)42-32(41)27-25-14-15-33(43-25)28(27)30(39)36(17-9-10-18-37)29(33)31(40)35(16-7-2)24-19-21(3)12-13-22(24)4/h6-7,12-13,19,23,25,27-29,37H,1-2,8-11,14-18,20H2,3-5H3,(H,34,38)/t23-,25-,27+,28+,29-,33+/m0/s1. The van der Waals surface area contributed by atoms with Gasteiger partial charge in [-0.25, -0.2) is 0 Å². The van der Waals surface area contributed by atoms with Gasteiger partial charge in [-0.1, -0.05) is 24.3 Å². The Morgan fingerprint density at radius 2 is 2.02 bits per heavy atom. The van der Waals surface area contributed by atoms with E-state index in [0.29, 0.717) is 38.5 Å². The summed E-state index contributed by atoms with van der Waals surface area (Å²) in [5.41, 5.74) is 1.48. The predicted octanol–water partition coefficient (Wildman–Crippen LogP) is 2.98. The monoisotopic (exact) mass is 595 g/mol. The molecule has 234 valence electrons. The van der Waals surface area contributed by atoms with Crippen LogP contribution in [-0.2, 0) is 28.7 Å². The molecule has 3 aliphatic heterocycles. The molecule has 0 aliphatic carbocycles. The summed E-state index contributed by atoms with van der Waals surface area (Å²) in [5, 5.41) is 12.2. The second-order valence-corrected chi connectivity index (χ2v) is 11.9. The van der Waals surface area contributed by atoms with E-state index in [1.54, 1.807) is 28.9 Å². The molecular weight excluding hydrogens is 550 g/mol. The van der Waals surface area contributed by atoms with Crippen LogP contribution in [0, 0.1) is 25.7 Å². The van der Waals surface area contributed by atoms with E-state index in [1.165, 1.54) is 0 Å². The Morgan fingerprint density at radius 3 is 2.72 bits per heavy atom. The van der Waals surface area contributed by atoms with Gasteiger partial charge in [0.15, 0.2) is 0 Å². The number of carbonyl (C=O) groups is 4. The number of aryl methyl sites for hydroxylation is 2. The highest BCUT2D eigenvalue weighted by atomic mass is 16.6. The molecule has 10 nitrogen and oxygen atoms in total. The normalized spacial score (nSPS) is 26.1. The molecule has 3 saturated heterocycles. The number of aliphatic hydroxyl groups is 1. The predicted molar refractivity (Wildman–Crippen MR) is 162 cm³/mol. The van der Waals surface area contributed by atoms with Gasteiger partial charge in [0.2, 0.25) is 11.8 Å². The number of carbonyl (C=O) groups excluding carboxylic acids is 4. The molecule has 0 unspecified atom stereocenters. The molecule has 1 aromatic rings. The number of ether oxygens (including phenoxy) is 2. The minimum absolute atomic E-state index is 0.0319. The lowest BCUT2D eigenvalue weighted by atomic mass is 9.70. The average Bonchev–Trinajstić information content (AvgIpc) is 3.62. The third-order valence-electron chi connectivity index (χ3n) is 8.83. The molecular formula is C33H45N3O7. The van der Waals surface area contributed by atoms with Gasteiger partial charge >= 0.3 is 5.97 Å². The fourth-order valence-corrected chi connectivity index (χ4v) is 6.83. The molecule has 43 heavy (non-hydrogen) atoms. The topological polar surface area (TPSA) is 125 Å². The number of nitrogens with zero attached hydrogens (tertiary/aromatic N) is 2. The highest BCUT2D eigenvalue weighted by Crippen LogP contribution is 2.59. The number of allylic oxidation sites excluding steroid dienone is 1. The van der Waals surface area contributed by atoms with Crippen LogP contribution in [0.5, 0.6) is 0 Å². The number of aliphatic hydroxyl groups excluding tert-OH is 1. The van der Waals surface area contributed by atoms with E-state index >= 15 is 0 Å². The largest absolute Gasteiger partial charge is 0.460 e. The minimum atomic E-state index is -1.17. The Labute approximate surface area is 254 Å². The van der Waals surface area contributed by atoms with Crippen LogP contribution >= 0.6 is 0 Å². The molecule has 2 bridgehead atoms. The number of benzene rings is 1. The minimum Gasteiger partial charge on any atom is -0.460 e. The van der Waals surface area contributed by atoms with Gasteiger partial charge in [0.1, 0.15) is 17.7 Å². The van der Waals surface area contributed by atoms with Gasteiger partial charge in [-0.2, -0.15) is 0 Å². The fourth-order valence-electron chi connectivity index (χ4n) is 6.83. The zero-order valence-corrected chi connectivity index (χ0v) is 25.5. The van der Waals surface area contributed by atoms with Gasteiger partial charge in [-0.3, -0.25) is 19.2 Å². The maximum absolute atomic E-state index is 14.6. The lowest BCUT2D eigenvalue weighted by Crippen LogP contribution is -2.56. The van der Waals surface area contributed by atoms with Crippen LogP contribution < -0.4 is 10.2 Å². The van der Waals surface area contributed by atoms with Gasteiger partial charge in [0, 0.05) is 31.8 Å². The van der Waals surface area contributed by atoms with E-state index in [1.807, 2.05) is 32.0 Å². The molecule has 1 aromatic carbocycles. The van der Waals surface area contributed by atoms with Crippen molar-refractivity contribution >= 4 is 29.4 Å². The molecule has 0 saturated carbocycles. The second-order valence-electron chi connectivity index (χ2n) is 11.9. The molecule has 3 fully saturated rings. The van der Waals surface area contributed by atoms with Crippen LogP contribution in [0.3, 0.4) is 0 Å².